The van der Waals surface area contributed by atoms with Crippen molar-refractivity contribution in [1.82, 2.24) is 5.32 Å². The third-order valence-electron chi connectivity index (χ3n) is 2.71. The minimum absolute atomic E-state index is 0.0558. The van der Waals surface area contributed by atoms with Crippen LogP contribution in [0.2, 0.25) is 0 Å². The van der Waals surface area contributed by atoms with Gasteiger partial charge in [-0.05, 0) is 39.7 Å². The highest BCUT2D eigenvalue weighted by Gasteiger charge is 2.21. The third kappa shape index (κ3) is 5.50. The van der Waals surface area contributed by atoms with E-state index in [4.69, 9.17) is 9.47 Å². The van der Waals surface area contributed by atoms with Crippen molar-refractivity contribution < 1.29 is 9.47 Å². The van der Waals surface area contributed by atoms with Gasteiger partial charge in [0.1, 0.15) is 0 Å². The van der Waals surface area contributed by atoms with Crippen molar-refractivity contribution in [1.29, 1.82) is 0 Å². The van der Waals surface area contributed by atoms with Crippen LogP contribution in [0.3, 0.4) is 0 Å². The summed E-state index contributed by atoms with van der Waals surface area (Å²) in [6.07, 6.45) is 1.58. The standard InChI is InChI=1S/C12H25NO2/c1-10-5-6-13-9-11(10)14-7-8-15-12(2,3)4/h10-11,13H,5-9H2,1-4H3. The molecule has 0 radical (unpaired) electrons. The molecule has 3 heteroatoms. The quantitative estimate of drug-likeness (QED) is 0.726. The second-order valence-corrected chi connectivity index (χ2v) is 5.34. The van der Waals surface area contributed by atoms with Gasteiger partial charge in [-0.3, -0.25) is 0 Å². The summed E-state index contributed by atoms with van der Waals surface area (Å²) in [7, 11) is 0. The van der Waals surface area contributed by atoms with Gasteiger partial charge in [-0.2, -0.15) is 0 Å². The van der Waals surface area contributed by atoms with Gasteiger partial charge < -0.3 is 14.8 Å². The van der Waals surface area contributed by atoms with E-state index < -0.39 is 0 Å². The Morgan fingerprint density at radius 1 is 1.27 bits per heavy atom. The molecule has 0 amide bonds. The fourth-order valence-electron chi connectivity index (χ4n) is 1.73. The summed E-state index contributed by atoms with van der Waals surface area (Å²) in [4.78, 5) is 0. The first-order valence-corrected chi connectivity index (χ1v) is 5.95. The first kappa shape index (κ1) is 12.9. The van der Waals surface area contributed by atoms with E-state index in [0.717, 1.165) is 13.1 Å². The highest BCUT2D eigenvalue weighted by molar-refractivity contribution is 4.75. The normalized spacial score (nSPS) is 28.0. The maximum atomic E-state index is 5.80. The van der Waals surface area contributed by atoms with E-state index in [9.17, 15) is 0 Å². The molecule has 3 nitrogen and oxygen atoms in total. The maximum Gasteiger partial charge on any atom is 0.0726 e. The van der Waals surface area contributed by atoms with Crippen molar-refractivity contribution in [2.45, 2.75) is 45.8 Å². The van der Waals surface area contributed by atoms with E-state index in [1.807, 2.05) is 0 Å². The van der Waals surface area contributed by atoms with Crippen LogP contribution in [0.1, 0.15) is 34.1 Å². The number of nitrogens with one attached hydrogen (secondary N) is 1. The Bertz CT molecular complexity index is 177. The van der Waals surface area contributed by atoms with Gasteiger partial charge >= 0.3 is 0 Å². The molecule has 1 saturated heterocycles. The second kappa shape index (κ2) is 5.83. The van der Waals surface area contributed by atoms with E-state index in [-0.39, 0.29) is 5.60 Å². The number of rotatable bonds is 4. The van der Waals surface area contributed by atoms with Crippen LogP contribution in [0.25, 0.3) is 0 Å². The lowest BCUT2D eigenvalue weighted by molar-refractivity contribution is -0.0653. The van der Waals surface area contributed by atoms with Crippen molar-refractivity contribution in [2.75, 3.05) is 26.3 Å². The number of hydrogen-bond donors (Lipinski definition) is 1. The second-order valence-electron chi connectivity index (χ2n) is 5.34. The maximum absolute atomic E-state index is 5.80. The Hall–Kier alpha value is -0.120. The van der Waals surface area contributed by atoms with Crippen LogP contribution < -0.4 is 5.32 Å². The smallest absolute Gasteiger partial charge is 0.0726 e. The molecule has 0 aliphatic carbocycles. The van der Waals surface area contributed by atoms with Crippen LogP contribution in [0, 0.1) is 5.92 Å². The van der Waals surface area contributed by atoms with E-state index in [2.05, 4.69) is 33.0 Å². The summed E-state index contributed by atoms with van der Waals surface area (Å²) in [5, 5.41) is 3.36. The Kier molecular flexibility index (Phi) is 5.03. The molecule has 90 valence electrons. The average Bonchev–Trinajstić information content (AvgIpc) is 2.13. The Balaban J connectivity index is 2.08. The molecule has 2 atom stereocenters. The van der Waals surface area contributed by atoms with Gasteiger partial charge in [-0.15, -0.1) is 0 Å². The van der Waals surface area contributed by atoms with Gasteiger partial charge in [-0.1, -0.05) is 6.92 Å². The highest BCUT2D eigenvalue weighted by Crippen LogP contribution is 2.14. The molecule has 1 rings (SSSR count). The molecule has 0 saturated carbocycles. The monoisotopic (exact) mass is 215 g/mol. The number of piperidine rings is 1. The number of hydrogen-bond acceptors (Lipinski definition) is 3. The zero-order valence-corrected chi connectivity index (χ0v) is 10.5. The van der Waals surface area contributed by atoms with Gasteiger partial charge in [0.15, 0.2) is 0 Å². The molecule has 1 aliphatic rings. The van der Waals surface area contributed by atoms with Crippen LogP contribution in [0.5, 0.6) is 0 Å². The Morgan fingerprint density at radius 2 is 2.00 bits per heavy atom. The summed E-state index contributed by atoms with van der Waals surface area (Å²) in [6, 6.07) is 0. The molecule has 15 heavy (non-hydrogen) atoms. The molecule has 0 aromatic rings. The van der Waals surface area contributed by atoms with Crippen LogP contribution in [-0.4, -0.2) is 38.0 Å². The van der Waals surface area contributed by atoms with Crippen molar-refractivity contribution in [3.05, 3.63) is 0 Å². The van der Waals surface area contributed by atoms with Crippen LogP contribution >= 0.6 is 0 Å². The minimum atomic E-state index is -0.0558. The van der Waals surface area contributed by atoms with Crippen molar-refractivity contribution >= 4 is 0 Å². The Morgan fingerprint density at radius 3 is 2.60 bits per heavy atom. The van der Waals surface area contributed by atoms with E-state index in [1.54, 1.807) is 0 Å². The zero-order chi connectivity index (χ0) is 11.3. The summed E-state index contributed by atoms with van der Waals surface area (Å²) in [5.41, 5.74) is -0.0558. The van der Waals surface area contributed by atoms with E-state index in [0.29, 0.717) is 25.2 Å². The van der Waals surface area contributed by atoms with Crippen molar-refractivity contribution in [3.63, 3.8) is 0 Å². The SMILES string of the molecule is CC1CCNCC1OCCOC(C)(C)C. The predicted molar refractivity (Wildman–Crippen MR) is 62.1 cm³/mol. The van der Waals surface area contributed by atoms with Gasteiger partial charge in [0, 0.05) is 6.54 Å². The molecule has 0 aromatic carbocycles. The fourth-order valence-corrected chi connectivity index (χ4v) is 1.73. The molecule has 0 spiro atoms. The van der Waals surface area contributed by atoms with Gasteiger partial charge in [0.25, 0.3) is 0 Å². The minimum Gasteiger partial charge on any atom is -0.374 e. The molecular formula is C12H25NO2. The third-order valence-corrected chi connectivity index (χ3v) is 2.71. The zero-order valence-electron chi connectivity index (χ0n) is 10.5. The lowest BCUT2D eigenvalue weighted by Gasteiger charge is -2.30. The lowest BCUT2D eigenvalue weighted by atomic mass is 9.97. The molecule has 2 unspecified atom stereocenters. The lowest BCUT2D eigenvalue weighted by Crippen LogP contribution is -2.41. The van der Waals surface area contributed by atoms with E-state index >= 15 is 0 Å². The topological polar surface area (TPSA) is 30.5 Å². The summed E-state index contributed by atoms with van der Waals surface area (Å²) in [5.74, 6) is 0.667. The average molecular weight is 215 g/mol. The summed E-state index contributed by atoms with van der Waals surface area (Å²) < 4.78 is 11.4. The Labute approximate surface area is 93.5 Å². The molecule has 1 fully saturated rings. The van der Waals surface area contributed by atoms with Gasteiger partial charge in [0.05, 0.1) is 24.9 Å². The summed E-state index contributed by atoms with van der Waals surface area (Å²) in [6.45, 7) is 12.0. The molecule has 0 aromatic heterocycles. The van der Waals surface area contributed by atoms with Gasteiger partial charge in [0.2, 0.25) is 0 Å². The van der Waals surface area contributed by atoms with Crippen LogP contribution in [0.4, 0.5) is 0 Å². The largest absolute Gasteiger partial charge is 0.374 e. The fraction of sp³-hybridized carbons (Fsp3) is 1.00. The first-order valence-electron chi connectivity index (χ1n) is 5.95. The van der Waals surface area contributed by atoms with Gasteiger partial charge in [-0.25, -0.2) is 0 Å². The number of ether oxygens (including phenoxy) is 2. The molecule has 1 heterocycles. The van der Waals surface area contributed by atoms with Crippen molar-refractivity contribution in [3.8, 4) is 0 Å². The predicted octanol–water partition coefficient (Wildman–Crippen LogP) is 1.82. The van der Waals surface area contributed by atoms with E-state index in [1.165, 1.54) is 6.42 Å². The molecular weight excluding hydrogens is 190 g/mol. The highest BCUT2D eigenvalue weighted by atomic mass is 16.5. The first-order chi connectivity index (χ1) is 6.99. The summed E-state index contributed by atoms with van der Waals surface area (Å²) >= 11 is 0. The van der Waals surface area contributed by atoms with Crippen molar-refractivity contribution in [2.24, 2.45) is 5.92 Å². The molecule has 1 aliphatic heterocycles. The van der Waals surface area contributed by atoms with Crippen LogP contribution in [0.15, 0.2) is 0 Å². The molecule has 0 bridgehead atoms. The van der Waals surface area contributed by atoms with Crippen LogP contribution in [-0.2, 0) is 9.47 Å². The molecule has 1 N–H and O–H groups in total.